The second-order valence-electron chi connectivity index (χ2n) is 6.41. The fraction of sp³-hybridized carbons (Fsp3) is 0.238. The smallest absolute Gasteiger partial charge is 0.267 e. The van der Waals surface area contributed by atoms with E-state index in [1.165, 1.54) is 29.8 Å². The molecule has 2 aromatic rings. The van der Waals surface area contributed by atoms with E-state index in [9.17, 15) is 14.4 Å². The van der Waals surface area contributed by atoms with Crippen LogP contribution in [0.1, 0.15) is 5.56 Å². The fourth-order valence-electron chi connectivity index (χ4n) is 2.94. The summed E-state index contributed by atoms with van der Waals surface area (Å²) in [5.41, 5.74) is 1.77. The monoisotopic (exact) mass is 364 g/mol. The second kappa shape index (κ2) is 8.97. The molecule has 0 aliphatic carbocycles. The molecule has 138 valence electrons. The van der Waals surface area contributed by atoms with Crippen LogP contribution in [0.5, 0.6) is 0 Å². The first kappa shape index (κ1) is 18.6. The molecule has 1 aliphatic rings. The molecule has 0 unspecified atom stereocenters. The predicted molar refractivity (Wildman–Crippen MR) is 102 cm³/mol. The maximum absolute atomic E-state index is 12.9. The lowest BCUT2D eigenvalue weighted by atomic mass is 10.2. The summed E-state index contributed by atoms with van der Waals surface area (Å²) in [4.78, 5) is 16.6. The molecule has 1 N–H and O–H groups in total. The second-order valence-corrected chi connectivity index (χ2v) is 6.41. The molecule has 1 fully saturated rings. The number of anilines is 1. The van der Waals surface area contributed by atoms with E-state index >= 15 is 0 Å². The molecule has 27 heavy (non-hydrogen) atoms. The Labute approximate surface area is 158 Å². The van der Waals surface area contributed by atoms with Crippen LogP contribution in [0, 0.1) is 17.1 Å². The topological polar surface area (TPSA) is 59.4 Å². The third kappa shape index (κ3) is 5.40. The molecule has 0 spiro atoms. The minimum Gasteiger partial charge on any atom is -0.374 e. The number of nitriles is 1. The van der Waals surface area contributed by atoms with Gasteiger partial charge in [0.2, 0.25) is 0 Å². The number of hydrogen-bond acceptors (Lipinski definition) is 4. The zero-order chi connectivity index (χ0) is 19.1. The van der Waals surface area contributed by atoms with Crippen LogP contribution in [0.25, 0.3) is 0 Å². The molecule has 0 aromatic heterocycles. The minimum absolute atomic E-state index is 0.0378. The van der Waals surface area contributed by atoms with E-state index in [1.54, 1.807) is 6.20 Å². The molecule has 0 atom stereocenters. The largest absolute Gasteiger partial charge is 0.374 e. The lowest BCUT2D eigenvalue weighted by molar-refractivity contribution is -0.112. The van der Waals surface area contributed by atoms with Crippen LogP contribution in [0.2, 0.25) is 0 Å². The van der Waals surface area contributed by atoms with Crippen LogP contribution >= 0.6 is 0 Å². The molecule has 5 nitrogen and oxygen atoms in total. The molecular weight excluding hydrogens is 343 g/mol. The Kier molecular flexibility index (Phi) is 6.18. The molecule has 0 saturated carbocycles. The molecule has 1 amide bonds. The van der Waals surface area contributed by atoms with Gasteiger partial charge in [0.25, 0.3) is 5.91 Å². The van der Waals surface area contributed by atoms with Crippen LogP contribution < -0.4 is 5.32 Å². The summed E-state index contributed by atoms with van der Waals surface area (Å²) < 4.78 is 12.9. The summed E-state index contributed by atoms with van der Waals surface area (Å²) >= 11 is 0. The molecule has 1 aliphatic heterocycles. The molecule has 3 rings (SSSR count). The van der Waals surface area contributed by atoms with E-state index < -0.39 is 5.91 Å². The van der Waals surface area contributed by atoms with Crippen LogP contribution in [0.15, 0.2) is 66.4 Å². The van der Waals surface area contributed by atoms with Crippen LogP contribution in [-0.4, -0.2) is 41.9 Å². The van der Waals surface area contributed by atoms with Crippen LogP contribution in [0.4, 0.5) is 10.1 Å². The number of carbonyl (C=O) groups excluding carboxylic acids is 1. The van der Waals surface area contributed by atoms with E-state index in [1.807, 2.05) is 29.2 Å². The number of benzene rings is 2. The Morgan fingerprint density at radius 1 is 1.07 bits per heavy atom. The maximum Gasteiger partial charge on any atom is 0.267 e. The van der Waals surface area contributed by atoms with Crippen LogP contribution in [-0.2, 0) is 11.3 Å². The van der Waals surface area contributed by atoms with Gasteiger partial charge in [-0.25, -0.2) is 4.39 Å². The van der Waals surface area contributed by atoms with E-state index in [-0.39, 0.29) is 11.4 Å². The number of nitrogens with one attached hydrogen (secondary N) is 1. The van der Waals surface area contributed by atoms with Gasteiger partial charge in [0.05, 0.1) is 0 Å². The molecule has 1 saturated heterocycles. The van der Waals surface area contributed by atoms with Gasteiger partial charge >= 0.3 is 0 Å². The molecule has 1 heterocycles. The van der Waals surface area contributed by atoms with Gasteiger partial charge in [-0.2, -0.15) is 5.26 Å². The third-order valence-electron chi connectivity index (χ3n) is 4.43. The van der Waals surface area contributed by atoms with Crippen LogP contribution in [0.3, 0.4) is 0 Å². The van der Waals surface area contributed by atoms with Gasteiger partial charge in [-0.15, -0.1) is 0 Å². The molecule has 0 bridgehead atoms. The van der Waals surface area contributed by atoms with Gasteiger partial charge in [0.1, 0.15) is 17.5 Å². The summed E-state index contributed by atoms with van der Waals surface area (Å²) in [6, 6.07) is 17.7. The highest BCUT2D eigenvalue weighted by Crippen LogP contribution is 2.12. The normalized spacial score (nSPS) is 15.3. The quantitative estimate of drug-likeness (QED) is 0.655. The first-order valence-electron chi connectivity index (χ1n) is 8.83. The van der Waals surface area contributed by atoms with Gasteiger partial charge in [-0.05, 0) is 29.8 Å². The first-order chi connectivity index (χ1) is 13.1. The van der Waals surface area contributed by atoms with E-state index in [2.05, 4.69) is 22.3 Å². The number of amides is 1. The van der Waals surface area contributed by atoms with Crippen molar-refractivity contribution in [1.29, 1.82) is 5.26 Å². The zero-order valence-corrected chi connectivity index (χ0v) is 14.9. The number of piperazine rings is 1. The van der Waals surface area contributed by atoms with Crippen molar-refractivity contribution in [2.45, 2.75) is 6.54 Å². The number of halogens is 1. The first-order valence-corrected chi connectivity index (χ1v) is 8.83. The summed E-state index contributed by atoms with van der Waals surface area (Å²) in [5, 5.41) is 11.9. The number of carbonyl (C=O) groups is 1. The minimum atomic E-state index is -0.490. The third-order valence-corrected chi connectivity index (χ3v) is 4.43. The van der Waals surface area contributed by atoms with Gasteiger partial charge in [0.15, 0.2) is 0 Å². The molecule has 0 radical (unpaired) electrons. The average molecular weight is 364 g/mol. The van der Waals surface area contributed by atoms with Crippen molar-refractivity contribution in [3.05, 3.63) is 77.8 Å². The summed E-state index contributed by atoms with van der Waals surface area (Å²) in [6.07, 6.45) is 1.61. The van der Waals surface area contributed by atoms with Gasteiger partial charge in [-0.3, -0.25) is 9.69 Å². The Balaban J connectivity index is 1.54. The standard InChI is InChI=1S/C21H21FN4O/c22-19-6-8-20(9-7-19)24-21(27)18(14-23)16-26-12-10-25(11-13-26)15-17-4-2-1-3-5-17/h1-9,16H,10-13,15H2,(H,24,27)/b18-16+. The fourth-order valence-corrected chi connectivity index (χ4v) is 2.94. The maximum atomic E-state index is 12.9. The van der Waals surface area contributed by atoms with E-state index in [0.717, 1.165) is 32.7 Å². The van der Waals surface area contributed by atoms with Crippen molar-refractivity contribution in [3.63, 3.8) is 0 Å². The van der Waals surface area contributed by atoms with E-state index in [0.29, 0.717) is 5.69 Å². The number of rotatable bonds is 5. The predicted octanol–water partition coefficient (Wildman–Crippen LogP) is 2.99. The lowest BCUT2D eigenvalue weighted by Gasteiger charge is -2.34. The molecular formula is C21H21FN4O. The molecule has 2 aromatic carbocycles. The highest BCUT2D eigenvalue weighted by Gasteiger charge is 2.17. The molecule has 6 heteroatoms. The van der Waals surface area contributed by atoms with Crippen molar-refractivity contribution < 1.29 is 9.18 Å². The highest BCUT2D eigenvalue weighted by atomic mass is 19.1. The lowest BCUT2D eigenvalue weighted by Crippen LogP contribution is -2.43. The SMILES string of the molecule is N#C/C(=C\N1CCN(Cc2ccccc2)CC1)C(=O)Nc1ccc(F)cc1. The van der Waals surface area contributed by atoms with E-state index in [4.69, 9.17) is 0 Å². The Bertz CT molecular complexity index is 835. The highest BCUT2D eigenvalue weighted by molar-refractivity contribution is 6.06. The average Bonchev–Trinajstić information content (AvgIpc) is 2.70. The van der Waals surface area contributed by atoms with Crippen molar-refractivity contribution in [2.24, 2.45) is 0 Å². The Morgan fingerprint density at radius 2 is 1.74 bits per heavy atom. The van der Waals surface area contributed by atoms with Gasteiger partial charge in [-0.1, -0.05) is 30.3 Å². The summed E-state index contributed by atoms with van der Waals surface area (Å²) in [7, 11) is 0. The van der Waals surface area contributed by atoms with Gasteiger partial charge < -0.3 is 10.2 Å². The number of nitrogens with zero attached hydrogens (tertiary/aromatic N) is 3. The van der Waals surface area contributed by atoms with Crippen molar-refractivity contribution in [3.8, 4) is 6.07 Å². The number of hydrogen-bond donors (Lipinski definition) is 1. The van der Waals surface area contributed by atoms with Crippen molar-refractivity contribution in [2.75, 3.05) is 31.5 Å². The van der Waals surface area contributed by atoms with Gasteiger partial charge in [0, 0.05) is 44.6 Å². The summed E-state index contributed by atoms with van der Waals surface area (Å²) in [6.45, 7) is 4.13. The Morgan fingerprint density at radius 3 is 2.37 bits per heavy atom. The van der Waals surface area contributed by atoms with Crippen molar-refractivity contribution in [1.82, 2.24) is 9.80 Å². The van der Waals surface area contributed by atoms with Crippen molar-refractivity contribution >= 4 is 11.6 Å². The Hall–Kier alpha value is -3.17. The zero-order valence-electron chi connectivity index (χ0n) is 14.9. The summed E-state index contributed by atoms with van der Waals surface area (Å²) in [5.74, 6) is -0.867.